The molecule has 0 N–H and O–H groups in total. The van der Waals surface area contributed by atoms with Gasteiger partial charge in [-0.3, -0.25) is 0 Å². The Morgan fingerprint density at radius 3 is 2.11 bits per heavy atom. The molecule has 0 aliphatic heterocycles. The lowest BCUT2D eigenvalue weighted by Gasteiger charge is -2.28. The molecule has 0 spiro atoms. The first-order chi connectivity index (χ1) is 12.7. The molecule has 27 heavy (non-hydrogen) atoms. The Balaban J connectivity index is 0.00000176. The number of carbonyl (C=O) groups excluding carboxylic acids is 1. The lowest BCUT2D eigenvalue weighted by molar-refractivity contribution is 0.0226. The molecular weight excluding hydrogens is 406 g/mol. The fourth-order valence-corrected chi connectivity index (χ4v) is 2.48. The van der Waals surface area contributed by atoms with Gasteiger partial charge in [0.05, 0.1) is 6.54 Å². The number of amides is 1. The number of ether oxygens (including phenoxy) is 2. The molecule has 1 amide bonds. The predicted octanol–water partition coefficient (Wildman–Crippen LogP) is 6.46. The number of hydrogen-bond donors (Lipinski definition) is 0. The third kappa shape index (κ3) is 8.48. The van der Waals surface area contributed by atoms with Crippen LogP contribution in [0.2, 0.25) is 0 Å². The zero-order valence-electron chi connectivity index (χ0n) is 17.0. The Morgan fingerprint density at radius 2 is 1.59 bits per heavy atom. The summed E-state index contributed by atoms with van der Waals surface area (Å²) in [5.41, 5.74) is 0.459. The van der Waals surface area contributed by atoms with Crippen molar-refractivity contribution in [1.29, 1.82) is 0 Å². The number of halogens is 1. The molecule has 1 unspecified atom stereocenters. The highest BCUT2D eigenvalue weighted by Gasteiger charge is 2.23. The van der Waals surface area contributed by atoms with Crippen LogP contribution in [0, 0.1) is 0 Å². The number of benzene rings is 2. The van der Waals surface area contributed by atoms with Crippen molar-refractivity contribution in [3.05, 3.63) is 64.6 Å². The van der Waals surface area contributed by atoms with Gasteiger partial charge in [0.15, 0.2) is 0 Å². The van der Waals surface area contributed by atoms with E-state index in [0.717, 1.165) is 15.8 Å². The minimum atomic E-state index is -0.529. The van der Waals surface area contributed by atoms with Gasteiger partial charge in [-0.2, -0.15) is 0 Å². The van der Waals surface area contributed by atoms with Crippen LogP contribution in [0.3, 0.4) is 0 Å². The van der Waals surface area contributed by atoms with Crippen LogP contribution < -0.4 is 4.74 Å². The Labute approximate surface area is 171 Å². The normalized spacial score (nSPS) is 11.7. The SMILES string of the molecule is CC.CN(CC(Oc1ccccc1)c1ccc(Br)cc1)C(=O)OC(C)(C)C. The van der Waals surface area contributed by atoms with E-state index in [1.54, 1.807) is 11.9 Å². The van der Waals surface area contributed by atoms with E-state index in [4.69, 9.17) is 9.47 Å². The van der Waals surface area contributed by atoms with Gasteiger partial charge in [-0.15, -0.1) is 0 Å². The van der Waals surface area contributed by atoms with Crippen molar-refractivity contribution in [2.75, 3.05) is 13.6 Å². The molecule has 2 rings (SSSR count). The summed E-state index contributed by atoms with van der Waals surface area (Å²) < 4.78 is 12.6. The van der Waals surface area contributed by atoms with E-state index in [1.165, 1.54) is 0 Å². The van der Waals surface area contributed by atoms with Gasteiger partial charge in [-0.1, -0.05) is 60.1 Å². The van der Waals surface area contributed by atoms with Gasteiger partial charge in [0.1, 0.15) is 17.5 Å². The third-order valence-corrected chi connectivity index (χ3v) is 3.94. The van der Waals surface area contributed by atoms with Crippen molar-refractivity contribution >= 4 is 22.0 Å². The van der Waals surface area contributed by atoms with Crippen molar-refractivity contribution in [2.45, 2.75) is 46.3 Å². The molecule has 0 saturated carbocycles. The summed E-state index contributed by atoms with van der Waals surface area (Å²) in [6.45, 7) is 9.94. The van der Waals surface area contributed by atoms with Crippen molar-refractivity contribution in [1.82, 2.24) is 4.90 Å². The van der Waals surface area contributed by atoms with Gasteiger partial charge in [-0.05, 0) is 50.6 Å². The molecule has 148 valence electrons. The highest BCUT2D eigenvalue weighted by Crippen LogP contribution is 2.24. The molecule has 4 nitrogen and oxygen atoms in total. The summed E-state index contributed by atoms with van der Waals surface area (Å²) >= 11 is 3.44. The number of nitrogens with zero attached hydrogens (tertiary/aromatic N) is 1. The first-order valence-electron chi connectivity index (χ1n) is 9.16. The maximum atomic E-state index is 12.3. The summed E-state index contributed by atoms with van der Waals surface area (Å²) in [6.07, 6.45) is -0.667. The van der Waals surface area contributed by atoms with E-state index in [1.807, 2.05) is 89.2 Å². The van der Waals surface area contributed by atoms with E-state index in [9.17, 15) is 4.79 Å². The second-order valence-electron chi connectivity index (χ2n) is 6.83. The number of hydrogen-bond acceptors (Lipinski definition) is 3. The minimum absolute atomic E-state index is 0.298. The molecule has 0 heterocycles. The Morgan fingerprint density at radius 1 is 1.04 bits per heavy atom. The molecule has 0 saturated heterocycles. The standard InChI is InChI=1S/C20H24BrNO3.C2H6/c1-20(2,3)25-19(23)22(4)14-18(15-10-12-16(21)13-11-15)24-17-8-6-5-7-9-17;1-2/h5-13,18H,14H2,1-4H3;1-2H3. The highest BCUT2D eigenvalue weighted by molar-refractivity contribution is 9.10. The first kappa shape index (κ1) is 23.0. The number of para-hydroxylation sites is 1. The monoisotopic (exact) mass is 435 g/mol. The predicted molar refractivity (Wildman–Crippen MR) is 114 cm³/mol. The van der Waals surface area contributed by atoms with Crippen LogP contribution >= 0.6 is 15.9 Å². The Bertz CT molecular complexity index is 681. The topological polar surface area (TPSA) is 38.8 Å². The summed E-state index contributed by atoms with van der Waals surface area (Å²) in [5, 5.41) is 0. The maximum Gasteiger partial charge on any atom is 0.410 e. The van der Waals surface area contributed by atoms with E-state index >= 15 is 0 Å². The van der Waals surface area contributed by atoms with Crippen LogP contribution in [0.15, 0.2) is 59.1 Å². The molecule has 0 aromatic heterocycles. The van der Waals surface area contributed by atoms with Crippen LogP contribution in [0.5, 0.6) is 5.75 Å². The van der Waals surface area contributed by atoms with Crippen molar-refractivity contribution in [3.63, 3.8) is 0 Å². The second-order valence-corrected chi connectivity index (χ2v) is 7.75. The second kappa shape index (κ2) is 11.0. The minimum Gasteiger partial charge on any atom is -0.484 e. The molecular formula is C22H30BrNO3. The summed E-state index contributed by atoms with van der Waals surface area (Å²) in [7, 11) is 1.72. The van der Waals surface area contributed by atoms with Crippen LogP contribution in [-0.2, 0) is 4.74 Å². The molecule has 2 aromatic carbocycles. The van der Waals surface area contributed by atoms with Gasteiger partial charge in [0.25, 0.3) is 0 Å². The summed E-state index contributed by atoms with van der Waals surface area (Å²) in [6, 6.07) is 17.5. The largest absolute Gasteiger partial charge is 0.484 e. The Kier molecular flexibility index (Phi) is 9.36. The Hall–Kier alpha value is -2.01. The smallest absolute Gasteiger partial charge is 0.410 e. The molecule has 2 aromatic rings. The van der Waals surface area contributed by atoms with Gasteiger partial charge in [-0.25, -0.2) is 4.79 Å². The highest BCUT2D eigenvalue weighted by atomic mass is 79.9. The number of likely N-dealkylation sites (N-methyl/N-ethyl adjacent to an activating group) is 1. The van der Waals surface area contributed by atoms with Crippen molar-refractivity contribution in [3.8, 4) is 5.75 Å². The average Bonchev–Trinajstić information content (AvgIpc) is 2.63. The molecule has 0 aliphatic rings. The van der Waals surface area contributed by atoms with Gasteiger partial charge >= 0.3 is 6.09 Å². The first-order valence-corrected chi connectivity index (χ1v) is 9.95. The maximum absolute atomic E-state index is 12.3. The lowest BCUT2D eigenvalue weighted by Crippen LogP contribution is -2.37. The zero-order chi connectivity index (χ0) is 20.4. The fraction of sp³-hybridized carbons (Fsp3) is 0.409. The molecule has 0 aliphatic carbocycles. The van der Waals surface area contributed by atoms with E-state index in [-0.39, 0.29) is 12.2 Å². The van der Waals surface area contributed by atoms with Gasteiger partial charge < -0.3 is 14.4 Å². The zero-order valence-corrected chi connectivity index (χ0v) is 18.6. The summed E-state index contributed by atoms with van der Waals surface area (Å²) in [4.78, 5) is 13.8. The van der Waals surface area contributed by atoms with Crippen molar-refractivity contribution < 1.29 is 14.3 Å². The average molecular weight is 436 g/mol. The van der Waals surface area contributed by atoms with E-state index in [2.05, 4.69) is 15.9 Å². The summed E-state index contributed by atoms with van der Waals surface area (Å²) in [5.74, 6) is 0.757. The van der Waals surface area contributed by atoms with Crippen LogP contribution in [0.4, 0.5) is 4.79 Å². The van der Waals surface area contributed by atoms with Crippen LogP contribution in [0.25, 0.3) is 0 Å². The van der Waals surface area contributed by atoms with Gasteiger partial charge in [0.2, 0.25) is 0 Å². The van der Waals surface area contributed by atoms with Gasteiger partial charge in [0, 0.05) is 11.5 Å². The molecule has 5 heteroatoms. The lowest BCUT2D eigenvalue weighted by atomic mass is 10.1. The number of rotatable bonds is 5. The van der Waals surface area contributed by atoms with Crippen LogP contribution in [0.1, 0.15) is 46.3 Å². The molecule has 0 fully saturated rings. The van der Waals surface area contributed by atoms with Crippen LogP contribution in [-0.4, -0.2) is 30.2 Å². The number of carbonyl (C=O) groups is 1. The third-order valence-electron chi connectivity index (χ3n) is 3.41. The molecule has 1 atom stereocenters. The van der Waals surface area contributed by atoms with Crippen molar-refractivity contribution in [2.24, 2.45) is 0 Å². The quantitative estimate of drug-likeness (QED) is 0.540. The van der Waals surface area contributed by atoms with E-state index in [0.29, 0.717) is 6.54 Å². The fourth-order valence-electron chi connectivity index (χ4n) is 2.21. The molecule has 0 radical (unpaired) electrons. The molecule has 0 bridgehead atoms. The van der Waals surface area contributed by atoms with E-state index < -0.39 is 5.60 Å².